The van der Waals surface area contributed by atoms with E-state index < -0.39 is 22.0 Å². The molecule has 5 nitrogen and oxygen atoms in total. The van der Waals surface area contributed by atoms with Gasteiger partial charge in [0.2, 0.25) is 15.9 Å². The van der Waals surface area contributed by atoms with Crippen LogP contribution in [0.5, 0.6) is 0 Å². The third-order valence-electron chi connectivity index (χ3n) is 2.65. The van der Waals surface area contributed by atoms with Crippen molar-refractivity contribution in [3.8, 4) is 0 Å². The molecule has 0 spiro atoms. The Morgan fingerprint density at radius 3 is 2.38 bits per heavy atom. The number of primary amides is 1. The third-order valence-corrected chi connectivity index (χ3v) is 4.57. The molecule has 86 valence electrons. The SMILES string of the molecule is NC(=O)C1CCN1S(=O)(=O)c1ccccc1. The minimum absolute atomic E-state index is 0.195. The fourth-order valence-corrected chi connectivity index (χ4v) is 3.33. The first-order valence-corrected chi connectivity index (χ1v) is 6.33. The van der Waals surface area contributed by atoms with Gasteiger partial charge in [-0.05, 0) is 18.6 Å². The maximum absolute atomic E-state index is 12.0. The molecule has 0 aromatic heterocycles. The maximum Gasteiger partial charge on any atom is 0.243 e. The molecule has 16 heavy (non-hydrogen) atoms. The molecular formula is C10H12N2O3S. The Bertz CT molecular complexity index is 498. The number of carbonyl (C=O) groups excluding carboxylic acids is 1. The highest BCUT2D eigenvalue weighted by molar-refractivity contribution is 7.89. The average molecular weight is 240 g/mol. The van der Waals surface area contributed by atoms with Gasteiger partial charge in [-0.15, -0.1) is 0 Å². The Balaban J connectivity index is 2.31. The van der Waals surface area contributed by atoms with E-state index in [0.717, 1.165) is 4.31 Å². The van der Waals surface area contributed by atoms with E-state index in [-0.39, 0.29) is 4.90 Å². The molecule has 1 aliphatic rings. The van der Waals surface area contributed by atoms with Crippen LogP contribution in [-0.2, 0) is 14.8 Å². The Morgan fingerprint density at radius 2 is 1.94 bits per heavy atom. The van der Waals surface area contributed by atoms with Crippen LogP contribution in [0.4, 0.5) is 0 Å². The first kappa shape index (κ1) is 11.1. The quantitative estimate of drug-likeness (QED) is 0.803. The summed E-state index contributed by atoms with van der Waals surface area (Å²) in [6, 6.07) is 7.35. The van der Waals surface area contributed by atoms with Crippen molar-refractivity contribution in [2.75, 3.05) is 6.54 Å². The number of amides is 1. The van der Waals surface area contributed by atoms with E-state index in [2.05, 4.69) is 0 Å². The molecular weight excluding hydrogens is 228 g/mol. The predicted octanol–water partition coefficient (Wildman–Crippen LogP) is -0.0651. The zero-order chi connectivity index (χ0) is 11.8. The minimum atomic E-state index is -3.56. The Kier molecular flexibility index (Phi) is 2.69. The second kappa shape index (κ2) is 3.88. The van der Waals surface area contributed by atoms with Crippen molar-refractivity contribution in [1.29, 1.82) is 0 Å². The van der Waals surface area contributed by atoms with Crippen molar-refractivity contribution < 1.29 is 13.2 Å². The van der Waals surface area contributed by atoms with E-state index in [1.165, 1.54) is 12.1 Å². The lowest BCUT2D eigenvalue weighted by Crippen LogP contribution is -2.56. The van der Waals surface area contributed by atoms with Gasteiger partial charge < -0.3 is 5.73 Å². The maximum atomic E-state index is 12.0. The standard InChI is InChI=1S/C10H12N2O3S/c11-10(13)9-6-7-12(9)16(14,15)8-4-2-1-3-5-8/h1-5,9H,6-7H2,(H2,11,13). The Morgan fingerprint density at radius 1 is 1.31 bits per heavy atom. The molecule has 1 unspecified atom stereocenters. The molecule has 1 heterocycles. The Hall–Kier alpha value is -1.40. The zero-order valence-corrected chi connectivity index (χ0v) is 9.35. The van der Waals surface area contributed by atoms with Gasteiger partial charge in [-0.25, -0.2) is 8.42 Å². The molecule has 6 heteroatoms. The normalized spacial score (nSPS) is 21.4. The fourth-order valence-electron chi connectivity index (χ4n) is 1.66. The number of hydrogen-bond acceptors (Lipinski definition) is 3. The molecule has 2 N–H and O–H groups in total. The number of sulfonamides is 1. The summed E-state index contributed by atoms with van der Waals surface area (Å²) in [6.45, 7) is 0.352. The zero-order valence-electron chi connectivity index (χ0n) is 8.54. The van der Waals surface area contributed by atoms with E-state index in [0.29, 0.717) is 13.0 Å². The van der Waals surface area contributed by atoms with Crippen molar-refractivity contribution in [3.05, 3.63) is 30.3 Å². The summed E-state index contributed by atoms with van der Waals surface area (Å²) in [5.74, 6) is -0.592. The molecule has 2 rings (SSSR count). The van der Waals surface area contributed by atoms with Gasteiger partial charge in [0.1, 0.15) is 6.04 Å². The summed E-state index contributed by atoms with van der Waals surface area (Å²) in [6.07, 6.45) is 0.501. The highest BCUT2D eigenvalue weighted by Crippen LogP contribution is 2.26. The number of hydrogen-bond donors (Lipinski definition) is 1. The fraction of sp³-hybridized carbons (Fsp3) is 0.300. The van der Waals surface area contributed by atoms with Crippen LogP contribution in [0.2, 0.25) is 0 Å². The molecule has 0 bridgehead atoms. The number of benzene rings is 1. The first-order chi connectivity index (χ1) is 7.53. The van der Waals surface area contributed by atoms with Crippen molar-refractivity contribution >= 4 is 15.9 Å². The second-order valence-electron chi connectivity index (χ2n) is 3.64. The van der Waals surface area contributed by atoms with Crippen molar-refractivity contribution in [2.24, 2.45) is 5.73 Å². The van der Waals surface area contributed by atoms with E-state index in [1.54, 1.807) is 18.2 Å². The van der Waals surface area contributed by atoms with Crippen LogP contribution in [0, 0.1) is 0 Å². The lowest BCUT2D eigenvalue weighted by Gasteiger charge is -2.37. The van der Waals surface area contributed by atoms with Crippen LogP contribution >= 0.6 is 0 Å². The Labute approximate surface area is 93.9 Å². The van der Waals surface area contributed by atoms with Gasteiger partial charge >= 0.3 is 0 Å². The van der Waals surface area contributed by atoms with Crippen LogP contribution in [0.25, 0.3) is 0 Å². The number of nitrogens with two attached hydrogens (primary N) is 1. The molecule has 1 atom stereocenters. The van der Waals surface area contributed by atoms with Crippen LogP contribution in [-0.4, -0.2) is 31.2 Å². The summed E-state index contributed by atoms with van der Waals surface area (Å²) in [5, 5.41) is 0. The molecule has 1 fully saturated rings. The molecule has 0 aliphatic carbocycles. The highest BCUT2D eigenvalue weighted by atomic mass is 32.2. The number of nitrogens with zero attached hydrogens (tertiary/aromatic N) is 1. The van der Waals surface area contributed by atoms with Gasteiger partial charge in [0.15, 0.2) is 0 Å². The van der Waals surface area contributed by atoms with Gasteiger partial charge in [0.05, 0.1) is 4.90 Å². The molecule has 0 radical (unpaired) electrons. The second-order valence-corrected chi connectivity index (χ2v) is 5.53. The topological polar surface area (TPSA) is 80.5 Å². The lowest BCUT2D eigenvalue weighted by molar-refractivity contribution is -0.124. The van der Waals surface area contributed by atoms with E-state index in [1.807, 2.05) is 0 Å². The smallest absolute Gasteiger partial charge is 0.243 e. The van der Waals surface area contributed by atoms with Gasteiger partial charge in [-0.2, -0.15) is 4.31 Å². The van der Waals surface area contributed by atoms with Crippen LogP contribution in [0.1, 0.15) is 6.42 Å². The van der Waals surface area contributed by atoms with Crippen LogP contribution in [0.15, 0.2) is 35.2 Å². The molecule has 1 aromatic rings. The summed E-state index contributed by atoms with van der Waals surface area (Å²) in [4.78, 5) is 11.2. The summed E-state index contributed by atoms with van der Waals surface area (Å²) in [7, 11) is -3.56. The summed E-state index contributed by atoms with van der Waals surface area (Å²) >= 11 is 0. The third kappa shape index (κ3) is 1.70. The predicted molar refractivity (Wildman–Crippen MR) is 57.9 cm³/mol. The molecule has 1 aromatic carbocycles. The summed E-state index contributed by atoms with van der Waals surface area (Å²) in [5.41, 5.74) is 5.12. The van der Waals surface area contributed by atoms with Crippen molar-refractivity contribution in [3.63, 3.8) is 0 Å². The monoisotopic (exact) mass is 240 g/mol. The van der Waals surface area contributed by atoms with Crippen molar-refractivity contribution in [1.82, 2.24) is 4.31 Å². The van der Waals surface area contributed by atoms with Gasteiger partial charge in [-0.3, -0.25) is 4.79 Å². The summed E-state index contributed by atoms with van der Waals surface area (Å²) < 4.78 is 25.2. The average Bonchev–Trinajstić information content (AvgIpc) is 2.15. The largest absolute Gasteiger partial charge is 0.368 e. The van der Waals surface area contributed by atoms with Crippen LogP contribution in [0.3, 0.4) is 0 Å². The number of rotatable bonds is 3. The van der Waals surface area contributed by atoms with Crippen molar-refractivity contribution in [2.45, 2.75) is 17.4 Å². The molecule has 1 amide bonds. The molecule has 0 saturated carbocycles. The molecule has 1 saturated heterocycles. The lowest BCUT2D eigenvalue weighted by atomic mass is 10.1. The van der Waals surface area contributed by atoms with E-state index >= 15 is 0 Å². The van der Waals surface area contributed by atoms with E-state index in [9.17, 15) is 13.2 Å². The minimum Gasteiger partial charge on any atom is -0.368 e. The molecule has 1 aliphatic heterocycles. The number of carbonyl (C=O) groups is 1. The van der Waals surface area contributed by atoms with Gasteiger partial charge in [0.25, 0.3) is 0 Å². The van der Waals surface area contributed by atoms with Gasteiger partial charge in [0, 0.05) is 6.54 Å². The van der Waals surface area contributed by atoms with Gasteiger partial charge in [-0.1, -0.05) is 18.2 Å². The van der Waals surface area contributed by atoms with Crippen LogP contribution < -0.4 is 5.73 Å². The van der Waals surface area contributed by atoms with E-state index in [4.69, 9.17) is 5.73 Å². The highest BCUT2D eigenvalue weighted by Gasteiger charge is 2.41. The first-order valence-electron chi connectivity index (χ1n) is 4.89.